The van der Waals surface area contributed by atoms with Crippen molar-refractivity contribution in [2.45, 2.75) is 31.6 Å². The summed E-state index contributed by atoms with van der Waals surface area (Å²) in [6, 6.07) is -1.11. The van der Waals surface area contributed by atoms with E-state index in [-0.39, 0.29) is 6.42 Å². The van der Waals surface area contributed by atoms with Gasteiger partial charge in [0.15, 0.2) is 0 Å². The Hall–Kier alpha value is 0.874. The molecule has 0 amide bonds. The van der Waals surface area contributed by atoms with Crippen LogP contribution in [0.3, 0.4) is 0 Å². The van der Waals surface area contributed by atoms with Crippen LogP contribution in [0.5, 0.6) is 0 Å². The van der Waals surface area contributed by atoms with E-state index in [1.165, 1.54) is 0 Å². The van der Waals surface area contributed by atoms with Crippen molar-refractivity contribution in [1.82, 2.24) is 0 Å². The Morgan fingerprint density at radius 1 is 0.556 bits per heavy atom. The Bertz CT molecular complexity index is 579. The quantitative estimate of drug-likeness (QED) is 0.125. The van der Waals surface area contributed by atoms with Crippen LogP contribution in [-0.2, 0) is 35.1 Å². The van der Waals surface area contributed by atoms with Crippen LogP contribution in [0.2, 0.25) is 25.2 Å². The number of rotatable bonds is 12. The molecule has 8 N–H and O–H groups in total. The molecule has 0 heterocycles. The molecule has 0 spiro atoms. The lowest BCUT2D eigenvalue weighted by Gasteiger charge is -2.29. The predicted molar refractivity (Wildman–Crippen MR) is 90.0 cm³/mol. The van der Waals surface area contributed by atoms with Crippen molar-refractivity contribution in [3.05, 3.63) is 0 Å². The van der Waals surface area contributed by atoms with Gasteiger partial charge >= 0.3 is 48.4 Å². The smallest absolute Gasteiger partial charge is 0.303 e. The first-order valence-electron chi connectivity index (χ1n) is 6.58. The summed E-state index contributed by atoms with van der Waals surface area (Å²) >= 11 is 0. The largest absolute Gasteiger partial charge is 0.461 e. The van der Waals surface area contributed by atoms with E-state index >= 15 is 0 Å². The zero-order chi connectivity index (χ0) is 21.9. The van der Waals surface area contributed by atoms with Crippen molar-refractivity contribution in [3.8, 4) is 0 Å². The third-order valence-corrected chi connectivity index (χ3v) is 15.0. The highest BCUT2D eigenvalue weighted by atomic mass is 31.2. The summed E-state index contributed by atoms with van der Waals surface area (Å²) in [7, 11) is -29.4. The van der Waals surface area contributed by atoms with Crippen LogP contribution in [0.1, 0.15) is 6.42 Å². The average molecular weight is 516 g/mol. The lowest BCUT2D eigenvalue weighted by Crippen LogP contribution is -2.39. The van der Waals surface area contributed by atoms with Crippen LogP contribution in [-0.4, -0.2) is 56.3 Å². The molecule has 0 aromatic carbocycles. The summed E-state index contributed by atoms with van der Waals surface area (Å²) in [6.45, 7) is 1.80. The Balaban J connectivity index is 5.37. The number of hydrogen-bond acceptors (Lipinski definition) is 8. The molecule has 0 radical (unpaired) electrons. The second-order valence-corrected chi connectivity index (χ2v) is 17.8. The molecule has 0 aliphatic heterocycles. The molecule has 22 heteroatoms. The Morgan fingerprint density at radius 2 is 0.741 bits per heavy atom. The average Bonchev–Trinajstić information content (AvgIpc) is 2.14. The van der Waals surface area contributed by atoms with Gasteiger partial charge in [-0.05, 0) is 31.6 Å². The maximum Gasteiger partial charge on any atom is 0.461 e. The summed E-state index contributed by atoms with van der Waals surface area (Å²) in [5, 5.41) is 0. The highest BCUT2D eigenvalue weighted by Crippen LogP contribution is 2.51. The van der Waals surface area contributed by atoms with Gasteiger partial charge in [-0.25, -0.2) is 18.3 Å². The van der Waals surface area contributed by atoms with Crippen LogP contribution in [0.15, 0.2) is 0 Å². The lowest BCUT2D eigenvalue weighted by molar-refractivity contribution is 0.224. The molecule has 0 aromatic rings. The van der Waals surface area contributed by atoms with Crippen molar-refractivity contribution >= 4 is 48.4 Å². The van der Waals surface area contributed by atoms with Gasteiger partial charge in [0.2, 0.25) is 0 Å². The summed E-state index contributed by atoms with van der Waals surface area (Å²) < 4.78 is 61.3. The SMILES string of the molecule is C[Si](CCC[Si](C)(OP(=O)(O)O)OP(=O)(O)O)(OP(=O)(O)O)OP(=O)(O)O. The van der Waals surface area contributed by atoms with Gasteiger partial charge in [-0.1, -0.05) is 0 Å². The summed E-state index contributed by atoms with van der Waals surface area (Å²) in [5.41, 5.74) is 0. The molecule has 0 saturated carbocycles. The minimum absolute atomic E-state index is 0.383. The highest BCUT2D eigenvalue weighted by molar-refractivity contribution is 7.51. The normalized spacial score (nSPS) is 15.2. The Labute approximate surface area is 154 Å². The molecule has 0 atom stereocenters. The van der Waals surface area contributed by atoms with E-state index in [4.69, 9.17) is 39.1 Å². The van der Waals surface area contributed by atoms with Crippen molar-refractivity contribution < 1.29 is 74.3 Å². The molecule has 0 aliphatic rings. The molecule has 16 nitrogen and oxygen atoms in total. The molecule has 164 valence electrons. The van der Waals surface area contributed by atoms with E-state index in [0.717, 1.165) is 13.1 Å². The summed E-state index contributed by atoms with van der Waals surface area (Å²) in [5.74, 6) is 0. The molecule has 0 fully saturated rings. The van der Waals surface area contributed by atoms with E-state index in [2.05, 4.69) is 16.9 Å². The Morgan fingerprint density at radius 3 is 0.889 bits per heavy atom. The van der Waals surface area contributed by atoms with E-state index < -0.39 is 60.5 Å². The van der Waals surface area contributed by atoms with E-state index in [9.17, 15) is 18.3 Å². The molecule has 0 bridgehead atoms. The fourth-order valence-electron chi connectivity index (χ4n) is 1.95. The number of phosphoric acid groups is 4. The molecule has 0 rings (SSSR count). The van der Waals surface area contributed by atoms with E-state index in [0.29, 0.717) is 0 Å². The fraction of sp³-hybridized carbons (Fsp3) is 1.00. The van der Waals surface area contributed by atoms with Gasteiger partial charge in [0.1, 0.15) is 0 Å². The molecular formula is C5H20O16P4Si2. The van der Waals surface area contributed by atoms with Gasteiger partial charge in [-0.3, -0.25) is 0 Å². The molecule has 0 aromatic heterocycles. The third kappa shape index (κ3) is 15.4. The number of hydrogen-bond donors (Lipinski definition) is 8. The summed E-state index contributed by atoms with van der Waals surface area (Å²) in [6.07, 6.45) is -0.383. The van der Waals surface area contributed by atoms with Crippen LogP contribution in [0.25, 0.3) is 0 Å². The van der Waals surface area contributed by atoms with Gasteiger partial charge in [0.25, 0.3) is 0 Å². The van der Waals surface area contributed by atoms with Crippen LogP contribution >= 0.6 is 31.3 Å². The fourth-order valence-corrected chi connectivity index (χ4v) is 14.3. The van der Waals surface area contributed by atoms with Gasteiger partial charge in [-0.2, -0.15) is 0 Å². The van der Waals surface area contributed by atoms with Crippen LogP contribution in [0, 0.1) is 0 Å². The first kappa shape index (κ1) is 27.9. The second kappa shape index (κ2) is 9.35. The molecule has 27 heavy (non-hydrogen) atoms. The van der Waals surface area contributed by atoms with Crippen molar-refractivity contribution in [3.63, 3.8) is 0 Å². The van der Waals surface area contributed by atoms with Gasteiger partial charge in [-0.15, -0.1) is 0 Å². The monoisotopic (exact) mass is 516 g/mol. The van der Waals surface area contributed by atoms with Gasteiger partial charge in [0, 0.05) is 0 Å². The Kier molecular flexibility index (Phi) is 9.65. The molecular weight excluding hydrogens is 496 g/mol. The van der Waals surface area contributed by atoms with Crippen molar-refractivity contribution in [1.29, 1.82) is 0 Å². The minimum Gasteiger partial charge on any atom is -0.303 e. The minimum atomic E-state index is -5.23. The predicted octanol–water partition coefficient (Wildman–Crippen LogP) is -0.0423. The summed E-state index contributed by atoms with van der Waals surface area (Å²) in [4.78, 5) is 70.9. The van der Waals surface area contributed by atoms with E-state index in [1.807, 2.05) is 0 Å². The lowest BCUT2D eigenvalue weighted by atomic mass is 10.6. The topological polar surface area (TPSA) is 267 Å². The van der Waals surface area contributed by atoms with Gasteiger partial charge in [0.05, 0.1) is 0 Å². The van der Waals surface area contributed by atoms with Crippen molar-refractivity contribution in [2.75, 3.05) is 0 Å². The van der Waals surface area contributed by atoms with Crippen LogP contribution in [0.4, 0.5) is 0 Å². The first-order chi connectivity index (χ1) is 11.5. The maximum absolute atomic E-state index is 11.0. The molecule has 0 unspecified atom stereocenters. The standard InChI is InChI=1S/C5H20O16P4Si2/c1-26(18-22(6,7)8,19-23(9,10)11)4-3-5-27(2,20-24(12,13)14)21-25(15,16)17/h3-5H2,1-2H3,(H2,6,7,8)(H2,9,10,11)(H2,12,13,14)(H2,15,16,17). The zero-order valence-corrected chi connectivity index (χ0v) is 19.3. The molecule has 0 aliphatic carbocycles. The highest BCUT2D eigenvalue weighted by Gasteiger charge is 2.47. The van der Waals surface area contributed by atoms with Crippen LogP contribution < -0.4 is 0 Å². The third-order valence-electron chi connectivity index (χ3n) is 2.51. The second-order valence-electron chi connectivity index (χ2n) is 5.45. The van der Waals surface area contributed by atoms with E-state index in [1.54, 1.807) is 0 Å². The van der Waals surface area contributed by atoms with Crippen molar-refractivity contribution in [2.24, 2.45) is 0 Å². The molecule has 0 saturated heterocycles. The maximum atomic E-state index is 11.0. The zero-order valence-electron chi connectivity index (χ0n) is 13.8. The van der Waals surface area contributed by atoms with Gasteiger partial charge < -0.3 is 56.0 Å². The first-order valence-corrected chi connectivity index (χ1v) is 17.8.